The van der Waals surface area contributed by atoms with Crippen LogP contribution < -0.4 is 0 Å². The summed E-state index contributed by atoms with van der Waals surface area (Å²) in [6.45, 7) is 14.9. The predicted octanol–water partition coefficient (Wildman–Crippen LogP) is 5.08. The Bertz CT molecular complexity index is 600. The van der Waals surface area contributed by atoms with Gasteiger partial charge in [0.25, 0.3) is 0 Å². The maximum absolute atomic E-state index is 13.2. The first-order chi connectivity index (χ1) is 11.0. The Kier molecular flexibility index (Phi) is 6.48. The molecule has 0 heterocycles. The molecule has 0 radical (unpaired) electrons. The van der Waals surface area contributed by atoms with E-state index in [4.69, 9.17) is 0 Å². The van der Waals surface area contributed by atoms with E-state index in [0.717, 1.165) is 16.7 Å². The van der Waals surface area contributed by atoms with Crippen LogP contribution in [0.5, 0.6) is 0 Å². The fourth-order valence-corrected chi connectivity index (χ4v) is 2.72. The quantitative estimate of drug-likeness (QED) is 0.327. The Balaban J connectivity index is 3.78. The van der Waals surface area contributed by atoms with Crippen LogP contribution >= 0.6 is 0 Å². The minimum atomic E-state index is -1.88. The van der Waals surface area contributed by atoms with Crippen LogP contribution in [0.25, 0.3) is 0 Å². The monoisotopic (exact) mass is 334 g/mol. The van der Waals surface area contributed by atoms with Crippen molar-refractivity contribution < 1.29 is 19.7 Å². The third kappa shape index (κ3) is 3.76. The molecule has 0 aliphatic rings. The number of hydrogen-bond donors (Lipinski definition) is 1. The van der Waals surface area contributed by atoms with Crippen molar-refractivity contribution in [3.63, 3.8) is 0 Å². The average Bonchev–Trinajstić information content (AvgIpc) is 2.51. The van der Waals surface area contributed by atoms with Crippen molar-refractivity contribution in [3.8, 4) is 0 Å². The van der Waals surface area contributed by atoms with Gasteiger partial charge < -0.3 is 0 Å². The normalized spacial score (nSPS) is 14.3. The van der Waals surface area contributed by atoms with Crippen molar-refractivity contribution in [2.75, 3.05) is 0 Å². The predicted molar refractivity (Wildman–Crippen MR) is 95.8 cm³/mol. The molecule has 0 bridgehead atoms. The molecule has 0 aromatic heterocycles. The van der Waals surface area contributed by atoms with E-state index in [2.05, 4.69) is 18.7 Å². The summed E-state index contributed by atoms with van der Waals surface area (Å²) in [4.78, 5) is 29.5. The first-order valence-electron chi connectivity index (χ1n) is 8.53. The second kappa shape index (κ2) is 7.58. The van der Waals surface area contributed by atoms with Gasteiger partial charge in [-0.25, -0.2) is 4.89 Å². The lowest BCUT2D eigenvalue weighted by atomic mass is 9.79. The summed E-state index contributed by atoms with van der Waals surface area (Å²) in [6.07, 6.45) is 0. The lowest BCUT2D eigenvalue weighted by molar-refractivity contribution is -0.289. The summed E-state index contributed by atoms with van der Waals surface area (Å²) in [6, 6.07) is 4.07. The number of rotatable bonds is 7. The molecule has 0 spiro atoms. The van der Waals surface area contributed by atoms with E-state index in [9.17, 15) is 14.8 Å². The minimum absolute atomic E-state index is 0.107. The van der Waals surface area contributed by atoms with Crippen molar-refractivity contribution in [1.29, 1.82) is 0 Å². The molecule has 1 aromatic carbocycles. The molecule has 134 valence electrons. The summed E-state index contributed by atoms with van der Waals surface area (Å²) in [7, 11) is 0. The molecular weight excluding hydrogens is 304 g/mol. The van der Waals surface area contributed by atoms with Gasteiger partial charge in [-0.1, -0.05) is 53.7 Å². The van der Waals surface area contributed by atoms with Gasteiger partial charge in [0.05, 0.1) is 0 Å². The van der Waals surface area contributed by atoms with Gasteiger partial charge in [-0.05, 0) is 48.3 Å². The zero-order valence-corrected chi connectivity index (χ0v) is 16.1. The van der Waals surface area contributed by atoms with Crippen molar-refractivity contribution in [2.45, 2.75) is 78.7 Å². The highest BCUT2D eigenvalue weighted by atomic mass is 17.1. The molecular formula is C20H30O4. The molecule has 4 heteroatoms. The Morgan fingerprint density at radius 3 is 1.62 bits per heavy atom. The first kappa shape index (κ1) is 20.5. The standard InChI is InChI=1S/C20H30O4/c1-11(2)15-9-16(12(3)4)18(17(10-15)13(5)6)19(22)20(8,24-23)14(7)21/h9-13,23H,1-8H3. The van der Waals surface area contributed by atoms with Crippen molar-refractivity contribution in [2.24, 2.45) is 0 Å². The summed E-state index contributed by atoms with van der Waals surface area (Å²) < 4.78 is 0. The van der Waals surface area contributed by atoms with E-state index in [1.807, 2.05) is 39.8 Å². The fraction of sp³-hybridized carbons (Fsp3) is 0.600. The first-order valence-corrected chi connectivity index (χ1v) is 8.53. The van der Waals surface area contributed by atoms with Crippen LogP contribution in [0.15, 0.2) is 12.1 Å². The second-order valence-corrected chi connectivity index (χ2v) is 7.55. The van der Waals surface area contributed by atoms with Gasteiger partial charge in [0.15, 0.2) is 5.78 Å². The zero-order chi connectivity index (χ0) is 18.8. The number of carbonyl (C=O) groups is 2. The molecule has 0 amide bonds. The molecule has 0 saturated heterocycles. The maximum Gasteiger partial charge on any atom is 0.220 e. The SMILES string of the molecule is CC(=O)C(C)(OO)C(=O)c1c(C(C)C)cc(C(C)C)cc1C(C)C. The summed E-state index contributed by atoms with van der Waals surface area (Å²) in [5.74, 6) is -0.463. The molecule has 0 fully saturated rings. The molecule has 0 aliphatic heterocycles. The summed E-state index contributed by atoms with van der Waals surface area (Å²) in [5, 5.41) is 9.25. The number of carbonyl (C=O) groups excluding carboxylic acids is 2. The average molecular weight is 334 g/mol. The second-order valence-electron chi connectivity index (χ2n) is 7.55. The Labute approximate surface area is 145 Å². The smallest absolute Gasteiger partial charge is 0.220 e. The van der Waals surface area contributed by atoms with E-state index in [0.29, 0.717) is 11.5 Å². The van der Waals surface area contributed by atoms with E-state index in [-0.39, 0.29) is 11.8 Å². The van der Waals surface area contributed by atoms with E-state index >= 15 is 0 Å². The molecule has 1 rings (SSSR count). The summed E-state index contributed by atoms with van der Waals surface area (Å²) >= 11 is 0. The molecule has 0 saturated carbocycles. The van der Waals surface area contributed by atoms with Gasteiger partial charge in [-0.2, -0.15) is 0 Å². The molecule has 1 unspecified atom stereocenters. The molecule has 4 nitrogen and oxygen atoms in total. The van der Waals surface area contributed by atoms with Crippen LogP contribution in [0.4, 0.5) is 0 Å². The molecule has 1 N–H and O–H groups in total. The lowest BCUT2D eigenvalue weighted by Crippen LogP contribution is -2.45. The topological polar surface area (TPSA) is 63.6 Å². The van der Waals surface area contributed by atoms with Crippen LogP contribution in [0, 0.1) is 0 Å². The van der Waals surface area contributed by atoms with Gasteiger partial charge in [0.2, 0.25) is 11.4 Å². The van der Waals surface area contributed by atoms with Crippen molar-refractivity contribution in [3.05, 3.63) is 34.4 Å². The number of benzene rings is 1. The van der Waals surface area contributed by atoms with Gasteiger partial charge in [0, 0.05) is 5.56 Å². The minimum Gasteiger partial charge on any atom is -0.296 e. The van der Waals surface area contributed by atoms with Crippen LogP contribution in [0.3, 0.4) is 0 Å². The van der Waals surface area contributed by atoms with Crippen molar-refractivity contribution >= 4 is 11.6 Å². The molecule has 1 atom stereocenters. The van der Waals surface area contributed by atoms with Crippen LogP contribution in [0.1, 0.15) is 100 Å². The number of hydrogen-bond acceptors (Lipinski definition) is 4. The Morgan fingerprint density at radius 2 is 1.38 bits per heavy atom. The Hall–Kier alpha value is -1.52. The highest BCUT2D eigenvalue weighted by Gasteiger charge is 2.43. The third-order valence-electron chi connectivity index (χ3n) is 4.65. The zero-order valence-electron chi connectivity index (χ0n) is 16.1. The van der Waals surface area contributed by atoms with E-state index in [1.54, 1.807) is 0 Å². The van der Waals surface area contributed by atoms with Crippen LogP contribution in [-0.4, -0.2) is 22.4 Å². The van der Waals surface area contributed by atoms with E-state index in [1.165, 1.54) is 13.8 Å². The third-order valence-corrected chi connectivity index (χ3v) is 4.65. The highest BCUT2D eigenvalue weighted by molar-refractivity contribution is 6.17. The fourth-order valence-electron chi connectivity index (χ4n) is 2.72. The van der Waals surface area contributed by atoms with Crippen molar-refractivity contribution in [1.82, 2.24) is 0 Å². The van der Waals surface area contributed by atoms with Gasteiger partial charge in [-0.3, -0.25) is 14.8 Å². The van der Waals surface area contributed by atoms with Gasteiger partial charge >= 0.3 is 0 Å². The number of ketones is 2. The highest BCUT2D eigenvalue weighted by Crippen LogP contribution is 2.35. The Morgan fingerprint density at radius 1 is 0.958 bits per heavy atom. The molecule has 1 aromatic rings. The summed E-state index contributed by atoms with van der Waals surface area (Å²) in [5.41, 5.74) is 1.55. The van der Waals surface area contributed by atoms with Crippen LogP contribution in [0.2, 0.25) is 0 Å². The molecule has 0 aliphatic carbocycles. The van der Waals surface area contributed by atoms with Crippen LogP contribution in [-0.2, 0) is 9.68 Å². The molecule has 24 heavy (non-hydrogen) atoms. The largest absolute Gasteiger partial charge is 0.296 e. The van der Waals surface area contributed by atoms with E-state index < -0.39 is 17.2 Å². The number of Topliss-reactive ketones (excluding diaryl/α,β-unsaturated/α-hetero) is 2. The van der Waals surface area contributed by atoms with Gasteiger partial charge in [-0.15, -0.1) is 0 Å². The van der Waals surface area contributed by atoms with Gasteiger partial charge in [0.1, 0.15) is 0 Å². The maximum atomic E-state index is 13.2. The lowest BCUT2D eigenvalue weighted by Gasteiger charge is -2.27.